The number of phosphoric acid groups is 1. The second kappa shape index (κ2) is 36.5. The van der Waals surface area contributed by atoms with Crippen LogP contribution < -0.4 is 4.89 Å². The summed E-state index contributed by atoms with van der Waals surface area (Å²) in [6.07, 6.45) is 53.2. The van der Waals surface area contributed by atoms with Crippen LogP contribution >= 0.6 is 7.82 Å². The summed E-state index contributed by atoms with van der Waals surface area (Å²) >= 11 is 0. The van der Waals surface area contributed by atoms with Crippen LogP contribution in [0.2, 0.25) is 0 Å². The van der Waals surface area contributed by atoms with Gasteiger partial charge in [0.15, 0.2) is 6.10 Å². The third kappa shape index (κ3) is 39.6. The Morgan fingerprint density at radius 3 is 1.45 bits per heavy atom. The van der Waals surface area contributed by atoms with E-state index in [2.05, 4.69) is 32.1 Å². The van der Waals surface area contributed by atoms with Gasteiger partial charge in [-0.25, -0.2) is 0 Å². The zero-order chi connectivity index (χ0) is 41.4. The van der Waals surface area contributed by atoms with Crippen LogP contribution in [0.4, 0.5) is 0 Å². The van der Waals surface area contributed by atoms with E-state index in [1.54, 1.807) is 0 Å². The first kappa shape index (κ1) is 51.9. The molecule has 0 aromatic heterocycles. The molecule has 0 aromatic rings. The standard InChI is InChI=1S/C46H68NO8P/c1-6-8-10-12-14-16-18-20-21-22-23-24-25-27-28-30-32-34-36-38-45(48)52-42-44(43-54-56(50,51)53-41-40-47(3,4)5)55-46(49)39-37-35-33-31-29-26-19-17-15-13-11-9-7-2/h8-29,31,33,44H,6-7,30,32,34-43H2,1-5H3/b10-8+,11-9+,14-12+,15-13+,18-16+,19-17+,21-20+,23-22+,25-24+,28-27+,29-26+,33-31+. The minimum Gasteiger partial charge on any atom is -0.756 e. The lowest BCUT2D eigenvalue weighted by atomic mass is 10.1. The number of esters is 2. The molecule has 0 heterocycles. The molecule has 9 nitrogen and oxygen atoms in total. The predicted octanol–water partition coefficient (Wildman–Crippen LogP) is 10.3. The van der Waals surface area contributed by atoms with Gasteiger partial charge in [0.05, 0.1) is 27.7 Å². The molecule has 0 aliphatic heterocycles. The molecule has 0 amide bonds. The zero-order valence-electron chi connectivity index (χ0n) is 34.5. The number of hydrogen-bond donors (Lipinski definition) is 0. The van der Waals surface area contributed by atoms with Crippen LogP contribution in [0, 0.1) is 0 Å². The molecule has 0 bridgehead atoms. The smallest absolute Gasteiger partial charge is 0.306 e. The molecule has 2 atom stereocenters. The van der Waals surface area contributed by atoms with E-state index >= 15 is 0 Å². The second-order valence-electron chi connectivity index (χ2n) is 13.5. The van der Waals surface area contributed by atoms with Crippen molar-refractivity contribution in [3.8, 4) is 0 Å². The number of unbranched alkanes of at least 4 members (excludes halogenated alkanes) is 4. The van der Waals surface area contributed by atoms with Crippen LogP contribution in [0.5, 0.6) is 0 Å². The van der Waals surface area contributed by atoms with Crippen LogP contribution in [-0.2, 0) is 32.7 Å². The Labute approximate surface area is 338 Å². The van der Waals surface area contributed by atoms with E-state index in [4.69, 9.17) is 18.5 Å². The molecule has 2 unspecified atom stereocenters. The van der Waals surface area contributed by atoms with E-state index in [-0.39, 0.29) is 26.1 Å². The van der Waals surface area contributed by atoms with Crippen LogP contribution in [-0.4, -0.2) is 70.0 Å². The maximum atomic E-state index is 12.6. The molecule has 310 valence electrons. The topological polar surface area (TPSA) is 111 Å². The molecule has 0 rings (SSSR count). The largest absolute Gasteiger partial charge is 0.756 e. The summed E-state index contributed by atoms with van der Waals surface area (Å²) in [4.78, 5) is 37.4. The van der Waals surface area contributed by atoms with Gasteiger partial charge in [-0.1, -0.05) is 166 Å². The first-order valence-electron chi connectivity index (χ1n) is 19.7. The van der Waals surface area contributed by atoms with Crippen molar-refractivity contribution in [3.05, 3.63) is 146 Å². The van der Waals surface area contributed by atoms with Crippen molar-refractivity contribution < 1.29 is 42.1 Å². The highest BCUT2D eigenvalue weighted by Crippen LogP contribution is 2.38. The lowest BCUT2D eigenvalue weighted by Gasteiger charge is -2.28. The van der Waals surface area contributed by atoms with Gasteiger partial charge in [0.1, 0.15) is 19.8 Å². The second-order valence-corrected chi connectivity index (χ2v) is 14.9. The molecule has 0 N–H and O–H groups in total. The lowest BCUT2D eigenvalue weighted by Crippen LogP contribution is -2.37. The van der Waals surface area contributed by atoms with Gasteiger partial charge in [-0.2, -0.15) is 0 Å². The summed E-state index contributed by atoms with van der Waals surface area (Å²) in [7, 11) is 1.05. The summed E-state index contributed by atoms with van der Waals surface area (Å²) in [5, 5.41) is 0. The highest BCUT2D eigenvalue weighted by atomic mass is 31.2. The fourth-order valence-corrected chi connectivity index (χ4v) is 4.86. The fraction of sp³-hybridized carbons (Fsp3) is 0.435. The van der Waals surface area contributed by atoms with Gasteiger partial charge >= 0.3 is 11.9 Å². The van der Waals surface area contributed by atoms with Gasteiger partial charge in [-0.15, -0.1) is 0 Å². The van der Waals surface area contributed by atoms with E-state index in [0.29, 0.717) is 30.3 Å². The normalized spacial score (nSPS) is 15.2. The van der Waals surface area contributed by atoms with Crippen LogP contribution in [0.25, 0.3) is 0 Å². The van der Waals surface area contributed by atoms with E-state index < -0.39 is 32.5 Å². The number of carbonyl (C=O) groups excluding carboxylic acids is 2. The van der Waals surface area contributed by atoms with Crippen molar-refractivity contribution in [2.24, 2.45) is 0 Å². The molecule has 0 aromatic carbocycles. The van der Waals surface area contributed by atoms with Crippen molar-refractivity contribution in [1.29, 1.82) is 0 Å². The van der Waals surface area contributed by atoms with Crippen molar-refractivity contribution in [2.75, 3.05) is 47.5 Å². The predicted molar refractivity (Wildman–Crippen MR) is 230 cm³/mol. The molecule has 0 aliphatic rings. The first-order valence-corrected chi connectivity index (χ1v) is 21.2. The molecule has 0 saturated heterocycles. The van der Waals surface area contributed by atoms with Gasteiger partial charge < -0.3 is 27.9 Å². The Kier molecular flexibility index (Phi) is 33.8. The SMILES string of the molecule is CC/C=C/C=C/C=C/C=C/C=C/C=C/C=C/CCCCCC(=O)OCC(COP(=O)([O-])OCC[N+](C)(C)C)OC(=O)CCC/C=C/C=C/C=C/C=C/C=C/CC. The lowest BCUT2D eigenvalue weighted by molar-refractivity contribution is -0.870. The van der Waals surface area contributed by atoms with E-state index in [0.717, 1.165) is 32.1 Å². The van der Waals surface area contributed by atoms with Gasteiger partial charge in [-0.3, -0.25) is 14.2 Å². The fourth-order valence-electron chi connectivity index (χ4n) is 4.14. The number of hydrogen-bond acceptors (Lipinski definition) is 8. The number of nitrogens with zero attached hydrogens (tertiary/aromatic N) is 1. The molecule has 0 fully saturated rings. The minimum atomic E-state index is -4.66. The summed E-state index contributed by atoms with van der Waals surface area (Å²) in [6.45, 7) is 3.73. The minimum absolute atomic E-state index is 0.0627. The highest BCUT2D eigenvalue weighted by molar-refractivity contribution is 7.45. The van der Waals surface area contributed by atoms with Gasteiger partial charge in [-0.05, 0) is 44.9 Å². The molecule has 0 radical (unpaired) electrons. The molecular weight excluding hydrogens is 725 g/mol. The molecule has 0 spiro atoms. The molecule has 0 aliphatic carbocycles. The van der Waals surface area contributed by atoms with Crippen LogP contribution in [0.1, 0.15) is 78.1 Å². The number of carbonyl (C=O) groups is 2. The third-order valence-electron chi connectivity index (χ3n) is 7.18. The Bertz CT molecular complexity index is 1450. The summed E-state index contributed by atoms with van der Waals surface area (Å²) in [5.74, 6) is -0.997. The zero-order valence-corrected chi connectivity index (χ0v) is 35.4. The number of likely N-dealkylation sites (N-methyl/N-ethyl adjacent to an activating group) is 1. The van der Waals surface area contributed by atoms with E-state index in [9.17, 15) is 19.0 Å². The third-order valence-corrected chi connectivity index (χ3v) is 8.14. The summed E-state index contributed by atoms with van der Waals surface area (Å²) in [6, 6.07) is 0. The van der Waals surface area contributed by atoms with E-state index in [1.165, 1.54) is 0 Å². The number of ether oxygens (including phenoxy) is 2. The molecule has 56 heavy (non-hydrogen) atoms. The van der Waals surface area contributed by atoms with Gasteiger partial charge in [0.2, 0.25) is 0 Å². The maximum absolute atomic E-state index is 12.6. The molecular formula is C46H68NO8P. The van der Waals surface area contributed by atoms with Crippen molar-refractivity contribution in [3.63, 3.8) is 0 Å². The van der Waals surface area contributed by atoms with Crippen molar-refractivity contribution in [2.45, 2.75) is 84.2 Å². The Morgan fingerprint density at radius 2 is 0.982 bits per heavy atom. The Balaban J connectivity index is 4.67. The van der Waals surface area contributed by atoms with Gasteiger partial charge in [0, 0.05) is 12.8 Å². The molecule has 0 saturated carbocycles. The average molecular weight is 794 g/mol. The highest BCUT2D eigenvalue weighted by Gasteiger charge is 2.21. The Morgan fingerprint density at radius 1 is 0.554 bits per heavy atom. The number of allylic oxidation sites excluding steroid dienone is 24. The van der Waals surface area contributed by atoms with Crippen LogP contribution in [0.3, 0.4) is 0 Å². The quantitative estimate of drug-likeness (QED) is 0.0218. The molecule has 10 heteroatoms. The van der Waals surface area contributed by atoms with Crippen molar-refractivity contribution in [1.82, 2.24) is 0 Å². The summed E-state index contributed by atoms with van der Waals surface area (Å²) < 4.78 is 33.6. The first-order chi connectivity index (χ1) is 27.0. The number of rotatable bonds is 32. The maximum Gasteiger partial charge on any atom is 0.306 e. The van der Waals surface area contributed by atoms with Crippen molar-refractivity contribution >= 4 is 19.8 Å². The van der Waals surface area contributed by atoms with Gasteiger partial charge in [0.25, 0.3) is 7.82 Å². The van der Waals surface area contributed by atoms with Crippen LogP contribution in [0.15, 0.2) is 146 Å². The average Bonchev–Trinajstić information content (AvgIpc) is 3.15. The number of phosphoric ester groups is 1. The monoisotopic (exact) mass is 793 g/mol. The summed E-state index contributed by atoms with van der Waals surface area (Å²) in [5.41, 5.74) is 0. The number of quaternary nitrogens is 1. The Hall–Kier alpha value is -4.11. The van der Waals surface area contributed by atoms with E-state index in [1.807, 2.05) is 149 Å².